The Morgan fingerprint density at radius 1 is 1.47 bits per heavy atom. The predicted molar refractivity (Wildman–Crippen MR) is 70.6 cm³/mol. The molecule has 1 aromatic rings. The van der Waals surface area contributed by atoms with Crippen molar-refractivity contribution in [2.75, 3.05) is 18.2 Å². The largest absolute Gasteiger partial charge is 0.495 e. The van der Waals surface area contributed by atoms with Crippen LogP contribution < -0.4 is 15.8 Å². The lowest BCUT2D eigenvalue weighted by Gasteiger charge is -2.11. The number of carbonyl (C=O) groups excluding carboxylic acids is 1. The molecule has 1 amide bonds. The Bertz CT molecular complexity index is 431. The van der Waals surface area contributed by atoms with E-state index in [0.717, 1.165) is 18.5 Å². The maximum atomic E-state index is 11.8. The molecule has 17 heavy (non-hydrogen) atoms. The van der Waals surface area contributed by atoms with Crippen LogP contribution in [0.3, 0.4) is 0 Å². The Kier molecular flexibility index (Phi) is 3.88. The van der Waals surface area contributed by atoms with Crippen LogP contribution in [0.4, 0.5) is 11.4 Å². The molecule has 1 aliphatic carbocycles. The van der Waals surface area contributed by atoms with Crippen LogP contribution >= 0.6 is 12.4 Å². The zero-order valence-electron chi connectivity index (χ0n) is 9.95. The van der Waals surface area contributed by atoms with Crippen LogP contribution in [-0.2, 0) is 4.79 Å². The maximum Gasteiger partial charge on any atom is 0.230 e. The number of benzene rings is 1. The molecule has 5 heteroatoms. The van der Waals surface area contributed by atoms with Gasteiger partial charge in [0.1, 0.15) is 5.75 Å². The lowest BCUT2D eigenvalue weighted by atomic mass is 10.1. The van der Waals surface area contributed by atoms with Crippen molar-refractivity contribution in [3.63, 3.8) is 0 Å². The summed E-state index contributed by atoms with van der Waals surface area (Å²) >= 11 is 0. The van der Waals surface area contributed by atoms with E-state index in [2.05, 4.69) is 5.32 Å². The molecule has 0 aromatic heterocycles. The lowest BCUT2D eigenvalue weighted by molar-refractivity contribution is -0.120. The number of nitrogens with one attached hydrogen (secondary N) is 1. The van der Waals surface area contributed by atoms with Crippen molar-refractivity contribution in [3.05, 3.63) is 18.2 Å². The molecule has 3 N–H and O–H groups in total. The van der Waals surface area contributed by atoms with E-state index in [4.69, 9.17) is 10.5 Å². The first-order valence-corrected chi connectivity index (χ1v) is 5.30. The molecule has 4 nitrogen and oxygen atoms in total. The lowest BCUT2D eigenvalue weighted by Crippen LogP contribution is -2.21. The molecule has 0 atom stereocenters. The van der Waals surface area contributed by atoms with Gasteiger partial charge in [-0.15, -0.1) is 12.4 Å². The van der Waals surface area contributed by atoms with E-state index in [0.29, 0.717) is 11.4 Å². The molecule has 0 radical (unpaired) electrons. The minimum absolute atomic E-state index is 0. The Balaban J connectivity index is 0.00000144. The molecule has 0 bridgehead atoms. The highest BCUT2D eigenvalue weighted by Gasteiger charge is 2.44. The van der Waals surface area contributed by atoms with Crippen LogP contribution in [0.1, 0.15) is 19.8 Å². The summed E-state index contributed by atoms with van der Waals surface area (Å²) in [7, 11) is 1.56. The van der Waals surface area contributed by atoms with Gasteiger partial charge < -0.3 is 15.8 Å². The minimum atomic E-state index is -0.172. The Labute approximate surface area is 107 Å². The number of amides is 1. The number of nitrogens with two attached hydrogens (primary N) is 1. The number of halogens is 1. The van der Waals surface area contributed by atoms with E-state index in [1.54, 1.807) is 25.3 Å². The fraction of sp³-hybridized carbons (Fsp3) is 0.417. The fourth-order valence-corrected chi connectivity index (χ4v) is 1.51. The van der Waals surface area contributed by atoms with E-state index in [-0.39, 0.29) is 23.7 Å². The van der Waals surface area contributed by atoms with Crippen molar-refractivity contribution in [1.29, 1.82) is 0 Å². The maximum absolute atomic E-state index is 11.8. The molecular formula is C12H17ClN2O2. The highest BCUT2D eigenvalue weighted by atomic mass is 35.5. The zero-order chi connectivity index (χ0) is 11.8. The second kappa shape index (κ2) is 4.84. The molecule has 94 valence electrons. The van der Waals surface area contributed by atoms with Gasteiger partial charge in [0.15, 0.2) is 0 Å². The van der Waals surface area contributed by atoms with Crippen LogP contribution in [0.25, 0.3) is 0 Å². The summed E-state index contributed by atoms with van der Waals surface area (Å²) in [5, 5.41) is 2.86. The van der Waals surface area contributed by atoms with Gasteiger partial charge in [0.25, 0.3) is 0 Å². The van der Waals surface area contributed by atoms with E-state index in [1.165, 1.54) is 0 Å². The third kappa shape index (κ3) is 2.82. The molecule has 0 unspecified atom stereocenters. The zero-order valence-corrected chi connectivity index (χ0v) is 10.8. The standard InChI is InChI=1S/C12H16N2O2.ClH/c1-12(5-6-12)11(15)14-8-3-4-10(16-2)9(13)7-8;/h3-4,7H,5-6,13H2,1-2H3,(H,14,15);1H. The molecule has 2 rings (SSSR count). The van der Waals surface area contributed by atoms with E-state index < -0.39 is 0 Å². The van der Waals surface area contributed by atoms with Crippen molar-refractivity contribution in [2.24, 2.45) is 5.41 Å². The Morgan fingerprint density at radius 2 is 2.12 bits per heavy atom. The van der Waals surface area contributed by atoms with Gasteiger partial charge >= 0.3 is 0 Å². The van der Waals surface area contributed by atoms with Gasteiger partial charge in [-0.2, -0.15) is 0 Å². The molecule has 1 aromatic carbocycles. The number of nitrogen functional groups attached to an aromatic ring is 1. The van der Waals surface area contributed by atoms with Gasteiger partial charge in [0, 0.05) is 11.1 Å². The van der Waals surface area contributed by atoms with Crippen LogP contribution in [-0.4, -0.2) is 13.0 Å². The monoisotopic (exact) mass is 256 g/mol. The predicted octanol–water partition coefficient (Wildman–Crippen LogP) is 2.44. The van der Waals surface area contributed by atoms with Crippen molar-refractivity contribution >= 4 is 29.7 Å². The number of hydrogen-bond acceptors (Lipinski definition) is 3. The Hall–Kier alpha value is -1.42. The highest BCUT2D eigenvalue weighted by molar-refractivity contribution is 5.97. The minimum Gasteiger partial charge on any atom is -0.495 e. The third-order valence-electron chi connectivity index (χ3n) is 3.04. The second-order valence-electron chi connectivity index (χ2n) is 4.47. The third-order valence-corrected chi connectivity index (χ3v) is 3.04. The van der Waals surface area contributed by atoms with Gasteiger partial charge in [-0.3, -0.25) is 4.79 Å². The summed E-state index contributed by atoms with van der Waals surface area (Å²) in [6.07, 6.45) is 1.93. The summed E-state index contributed by atoms with van der Waals surface area (Å²) in [6.45, 7) is 1.97. The van der Waals surface area contributed by atoms with Gasteiger partial charge in [0.05, 0.1) is 12.8 Å². The summed E-state index contributed by atoms with van der Waals surface area (Å²) < 4.78 is 5.05. The number of hydrogen-bond donors (Lipinski definition) is 2. The molecule has 1 fully saturated rings. The van der Waals surface area contributed by atoms with Crippen LogP contribution in [0.2, 0.25) is 0 Å². The number of rotatable bonds is 3. The second-order valence-corrected chi connectivity index (χ2v) is 4.47. The summed E-state index contributed by atoms with van der Waals surface area (Å²) in [5.41, 5.74) is 6.83. The average Bonchev–Trinajstić information content (AvgIpc) is 2.98. The van der Waals surface area contributed by atoms with Gasteiger partial charge in [-0.1, -0.05) is 6.92 Å². The summed E-state index contributed by atoms with van der Waals surface area (Å²) in [4.78, 5) is 11.8. The number of methoxy groups -OCH3 is 1. The molecule has 0 aliphatic heterocycles. The topological polar surface area (TPSA) is 64.3 Å². The van der Waals surface area contributed by atoms with Crippen molar-refractivity contribution in [1.82, 2.24) is 0 Å². The van der Waals surface area contributed by atoms with Crippen molar-refractivity contribution in [2.45, 2.75) is 19.8 Å². The fourth-order valence-electron chi connectivity index (χ4n) is 1.51. The first kappa shape index (κ1) is 13.6. The summed E-state index contributed by atoms with van der Waals surface area (Å²) in [6, 6.07) is 5.25. The van der Waals surface area contributed by atoms with Crippen molar-refractivity contribution in [3.8, 4) is 5.75 Å². The van der Waals surface area contributed by atoms with Gasteiger partial charge in [-0.25, -0.2) is 0 Å². The van der Waals surface area contributed by atoms with E-state index in [9.17, 15) is 4.79 Å². The molecular weight excluding hydrogens is 240 g/mol. The van der Waals surface area contributed by atoms with Crippen LogP contribution in [0.5, 0.6) is 5.75 Å². The molecule has 0 heterocycles. The molecule has 0 saturated heterocycles. The molecule has 0 spiro atoms. The van der Waals surface area contributed by atoms with Gasteiger partial charge in [0.2, 0.25) is 5.91 Å². The first-order chi connectivity index (χ1) is 7.55. The number of anilines is 2. The average molecular weight is 257 g/mol. The van der Waals surface area contributed by atoms with Crippen LogP contribution in [0.15, 0.2) is 18.2 Å². The normalized spacial score (nSPS) is 15.6. The van der Waals surface area contributed by atoms with Gasteiger partial charge in [-0.05, 0) is 31.0 Å². The summed E-state index contributed by atoms with van der Waals surface area (Å²) in [5.74, 6) is 0.688. The van der Waals surface area contributed by atoms with E-state index >= 15 is 0 Å². The van der Waals surface area contributed by atoms with Crippen LogP contribution in [0, 0.1) is 5.41 Å². The van der Waals surface area contributed by atoms with Crippen molar-refractivity contribution < 1.29 is 9.53 Å². The molecule has 1 saturated carbocycles. The highest BCUT2D eigenvalue weighted by Crippen LogP contribution is 2.45. The quantitative estimate of drug-likeness (QED) is 0.817. The SMILES string of the molecule is COc1ccc(NC(=O)C2(C)CC2)cc1N.Cl. The first-order valence-electron chi connectivity index (χ1n) is 5.30. The number of carbonyl (C=O) groups is 1. The van der Waals surface area contributed by atoms with E-state index in [1.807, 2.05) is 6.92 Å². The Morgan fingerprint density at radius 3 is 2.59 bits per heavy atom. The molecule has 1 aliphatic rings. The smallest absolute Gasteiger partial charge is 0.230 e. The number of ether oxygens (including phenoxy) is 1.